The third kappa shape index (κ3) is 2.41. The first-order valence-electron chi connectivity index (χ1n) is 5.87. The van der Waals surface area contributed by atoms with Crippen LogP contribution in [0.2, 0.25) is 0 Å². The van der Waals surface area contributed by atoms with Crippen LogP contribution in [0.1, 0.15) is 6.92 Å². The number of ether oxygens (including phenoxy) is 1. The van der Waals surface area contributed by atoms with Crippen molar-refractivity contribution in [3.05, 3.63) is 22.9 Å². The van der Waals surface area contributed by atoms with Gasteiger partial charge in [0.05, 0.1) is 32.5 Å². The van der Waals surface area contributed by atoms with Crippen LogP contribution in [-0.2, 0) is 17.8 Å². The molecule has 0 fully saturated rings. The Morgan fingerprint density at radius 3 is 3.00 bits per heavy atom. The molecule has 0 bridgehead atoms. The summed E-state index contributed by atoms with van der Waals surface area (Å²) in [6.45, 7) is 3.78. The van der Waals surface area contributed by atoms with Crippen molar-refractivity contribution < 1.29 is 9.84 Å². The standard InChI is InChI=1S/C11H16N4O3/c1-2-18-6-4-14-8-12-10-9(11(14)17)7-13-15(10)3-5-16/h7-8,16H,2-6H2,1H3. The van der Waals surface area contributed by atoms with Crippen molar-refractivity contribution in [1.29, 1.82) is 0 Å². The molecule has 2 aromatic heterocycles. The Kier molecular flexibility index (Phi) is 4.06. The first kappa shape index (κ1) is 12.7. The molecule has 1 N–H and O–H groups in total. The molecule has 2 heterocycles. The molecule has 0 unspecified atom stereocenters. The summed E-state index contributed by atoms with van der Waals surface area (Å²) in [5.41, 5.74) is 0.366. The molecular weight excluding hydrogens is 236 g/mol. The minimum atomic E-state index is -0.135. The van der Waals surface area contributed by atoms with Gasteiger partial charge >= 0.3 is 0 Å². The minimum Gasteiger partial charge on any atom is -0.394 e. The van der Waals surface area contributed by atoms with Crippen LogP contribution < -0.4 is 5.56 Å². The van der Waals surface area contributed by atoms with Crippen molar-refractivity contribution in [3.63, 3.8) is 0 Å². The summed E-state index contributed by atoms with van der Waals surface area (Å²) in [4.78, 5) is 16.3. The van der Waals surface area contributed by atoms with Gasteiger partial charge in [-0.25, -0.2) is 9.67 Å². The normalized spacial score (nSPS) is 11.2. The Bertz CT molecular complexity index is 575. The zero-order valence-corrected chi connectivity index (χ0v) is 10.2. The molecule has 0 saturated carbocycles. The lowest BCUT2D eigenvalue weighted by Crippen LogP contribution is -2.23. The molecule has 0 atom stereocenters. The molecule has 0 aromatic carbocycles. The second-order valence-electron chi connectivity index (χ2n) is 3.77. The minimum absolute atomic E-state index is 0.0358. The molecule has 0 aliphatic heterocycles. The molecular formula is C11H16N4O3. The van der Waals surface area contributed by atoms with Gasteiger partial charge in [-0.3, -0.25) is 9.36 Å². The van der Waals surface area contributed by atoms with E-state index in [1.165, 1.54) is 21.8 Å². The molecule has 7 nitrogen and oxygen atoms in total. The number of hydrogen-bond acceptors (Lipinski definition) is 5. The van der Waals surface area contributed by atoms with Gasteiger partial charge in [-0.2, -0.15) is 5.10 Å². The zero-order valence-electron chi connectivity index (χ0n) is 10.2. The van der Waals surface area contributed by atoms with E-state index in [0.29, 0.717) is 37.3 Å². The van der Waals surface area contributed by atoms with Crippen LogP contribution >= 0.6 is 0 Å². The van der Waals surface area contributed by atoms with Gasteiger partial charge in [-0.05, 0) is 6.92 Å². The molecule has 2 rings (SSSR count). The topological polar surface area (TPSA) is 82.2 Å². The molecule has 18 heavy (non-hydrogen) atoms. The quantitative estimate of drug-likeness (QED) is 0.709. The van der Waals surface area contributed by atoms with Crippen molar-refractivity contribution in [2.75, 3.05) is 19.8 Å². The van der Waals surface area contributed by atoms with Crippen LogP contribution in [0.25, 0.3) is 11.0 Å². The Balaban J connectivity index is 2.31. The predicted molar refractivity (Wildman–Crippen MR) is 65.4 cm³/mol. The van der Waals surface area contributed by atoms with Gasteiger partial charge in [0.15, 0.2) is 5.65 Å². The van der Waals surface area contributed by atoms with Gasteiger partial charge in [0.2, 0.25) is 0 Å². The monoisotopic (exact) mass is 252 g/mol. The highest BCUT2D eigenvalue weighted by molar-refractivity contribution is 5.72. The molecule has 0 aliphatic rings. The first-order chi connectivity index (χ1) is 8.77. The fraction of sp³-hybridized carbons (Fsp3) is 0.545. The van der Waals surface area contributed by atoms with Crippen molar-refractivity contribution in [3.8, 4) is 0 Å². The Labute approximate surface area is 104 Å². The molecule has 2 aromatic rings. The summed E-state index contributed by atoms with van der Waals surface area (Å²) < 4.78 is 8.23. The first-order valence-corrected chi connectivity index (χ1v) is 5.87. The lowest BCUT2D eigenvalue weighted by Gasteiger charge is -2.05. The van der Waals surface area contributed by atoms with Gasteiger partial charge in [0.25, 0.3) is 5.56 Å². The smallest absolute Gasteiger partial charge is 0.264 e. The van der Waals surface area contributed by atoms with Gasteiger partial charge in [-0.15, -0.1) is 0 Å². The second-order valence-corrected chi connectivity index (χ2v) is 3.77. The highest BCUT2D eigenvalue weighted by Gasteiger charge is 2.09. The van der Waals surface area contributed by atoms with Crippen LogP contribution in [0.15, 0.2) is 17.3 Å². The number of aliphatic hydroxyl groups is 1. The molecule has 0 saturated heterocycles. The number of rotatable bonds is 6. The fourth-order valence-electron chi connectivity index (χ4n) is 1.72. The van der Waals surface area contributed by atoms with E-state index in [2.05, 4.69) is 10.1 Å². The van der Waals surface area contributed by atoms with E-state index in [-0.39, 0.29) is 12.2 Å². The van der Waals surface area contributed by atoms with E-state index in [9.17, 15) is 4.79 Å². The summed E-state index contributed by atoms with van der Waals surface area (Å²) in [6.07, 6.45) is 2.97. The van der Waals surface area contributed by atoms with E-state index in [1.54, 1.807) is 0 Å². The number of hydrogen-bond donors (Lipinski definition) is 1. The van der Waals surface area contributed by atoms with Crippen molar-refractivity contribution in [2.45, 2.75) is 20.0 Å². The summed E-state index contributed by atoms with van der Waals surface area (Å²) in [7, 11) is 0. The molecule has 7 heteroatoms. The van der Waals surface area contributed by atoms with Gasteiger partial charge < -0.3 is 9.84 Å². The zero-order chi connectivity index (χ0) is 13.0. The molecule has 0 radical (unpaired) electrons. The number of nitrogens with zero attached hydrogens (tertiary/aromatic N) is 4. The number of aliphatic hydroxyl groups excluding tert-OH is 1. The Morgan fingerprint density at radius 2 is 2.28 bits per heavy atom. The lowest BCUT2D eigenvalue weighted by molar-refractivity contribution is 0.138. The van der Waals surface area contributed by atoms with E-state index in [0.717, 1.165) is 0 Å². The lowest BCUT2D eigenvalue weighted by atomic mass is 10.4. The summed E-state index contributed by atoms with van der Waals surface area (Å²) >= 11 is 0. The average Bonchev–Trinajstić information content (AvgIpc) is 2.77. The van der Waals surface area contributed by atoms with E-state index in [1.807, 2.05) is 6.92 Å². The maximum absolute atomic E-state index is 12.1. The predicted octanol–water partition coefficient (Wildman–Crippen LogP) is -0.378. The largest absolute Gasteiger partial charge is 0.394 e. The van der Waals surface area contributed by atoms with Crippen LogP contribution in [-0.4, -0.2) is 44.3 Å². The van der Waals surface area contributed by atoms with E-state index in [4.69, 9.17) is 9.84 Å². The van der Waals surface area contributed by atoms with Crippen LogP contribution in [0.3, 0.4) is 0 Å². The molecule has 0 aliphatic carbocycles. The van der Waals surface area contributed by atoms with E-state index >= 15 is 0 Å². The molecule has 0 spiro atoms. The Hall–Kier alpha value is -1.73. The summed E-state index contributed by atoms with van der Waals surface area (Å²) in [5, 5.41) is 13.4. The fourth-order valence-corrected chi connectivity index (χ4v) is 1.72. The highest BCUT2D eigenvalue weighted by atomic mass is 16.5. The van der Waals surface area contributed by atoms with Crippen LogP contribution in [0.5, 0.6) is 0 Å². The van der Waals surface area contributed by atoms with Crippen LogP contribution in [0.4, 0.5) is 0 Å². The van der Waals surface area contributed by atoms with Crippen molar-refractivity contribution in [1.82, 2.24) is 19.3 Å². The molecule has 0 amide bonds. The average molecular weight is 252 g/mol. The van der Waals surface area contributed by atoms with Crippen LogP contribution in [0, 0.1) is 0 Å². The molecule has 98 valence electrons. The SMILES string of the molecule is CCOCCn1cnc2c(cnn2CCO)c1=O. The van der Waals surface area contributed by atoms with E-state index < -0.39 is 0 Å². The second kappa shape index (κ2) is 5.74. The maximum atomic E-state index is 12.1. The Morgan fingerprint density at radius 1 is 1.44 bits per heavy atom. The van der Waals surface area contributed by atoms with Gasteiger partial charge in [0, 0.05) is 6.61 Å². The van der Waals surface area contributed by atoms with Crippen molar-refractivity contribution in [2.24, 2.45) is 0 Å². The van der Waals surface area contributed by atoms with Gasteiger partial charge in [0.1, 0.15) is 11.7 Å². The highest BCUT2D eigenvalue weighted by Crippen LogP contribution is 2.04. The number of fused-ring (bicyclic) bond motifs is 1. The summed E-state index contributed by atoms with van der Waals surface area (Å²) in [5.74, 6) is 0. The van der Waals surface area contributed by atoms with Crippen molar-refractivity contribution >= 4 is 11.0 Å². The third-order valence-corrected chi connectivity index (χ3v) is 2.61. The summed E-state index contributed by atoms with van der Waals surface area (Å²) in [6, 6.07) is 0. The third-order valence-electron chi connectivity index (χ3n) is 2.61. The van der Waals surface area contributed by atoms with Gasteiger partial charge in [-0.1, -0.05) is 0 Å². The maximum Gasteiger partial charge on any atom is 0.264 e. The number of aromatic nitrogens is 4.